The second-order valence-corrected chi connectivity index (χ2v) is 4.46. The van der Waals surface area contributed by atoms with Gasteiger partial charge in [0.15, 0.2) is 0 Å². The van der Waals surface area contributed by atoms with Gasteiger partial charge in [-0.2, -0.15) is 0 Å². The number of sulfonamides is 1. The lowest BCUT2D eigenvalue weighted by Gasteiger charge is -2.04. The van der Waals surface area contributed by atoms with Crippen LogP contribution in [0.15, 0.2) is 15.9 Å². The highest BCUT2D eigenvalue weighted by Crippen LogP contribution is 2.22. The van der Waals surface area contributed by atoms with Gasteiger partial charge in [-0.1, -0.05) is 11.6 Å². The number of halogens is 3. The summed E-state index contributed by atoms with van der Waals surface area (Å²) in [7, 11) is -4.27. The van der Waals surface area contributed by atoms with Crippen LogP contribution in [0.4, 0.5) is 8.78 Å². The molecule has 0 radical (unpaired) electrons. The Hall–Kier alpha value is -0.990. The van der Waals surface area contributed by atoms with Crippen molar-refractivity contribution in [3.05, 3.63) is 27.1 Å². The molecule has 0 unspecified atom stereocenters. The van der Waals surface area contributed by atoms with Crippen LogP contribution in [0, 0.1) is 0 Å². The van der Waals surface area contributed by atoms with E-state index < -0.39 is 37.5 Å². The minimum atomic E-state index is -4.27. The van der Waals surface area contributed by atoms with Gasteiger partial charge in [-0.05, 0) is 0 Å². The average molecular weight is 259 g/mol. The molecule has 0 saturated heterocycles. The third-order valence-electron chi connectivity index (χ3n) is 1.54. The molecule has 3 N–H and O–H groups in total. The second kappa shape index (κ2) is 3.87. The van der Waals surface area contributed by atoms with Crippen molar-refractivity contribution in [1.29, 1.82) is 0 Å². The highest BCUT2D eigenvalue weighted by atomic mass is 35.5. The summed E-state index contributed by atoms with van der Waals surface area (Å²) in [5.74, 6) is 0. The van der Waals surface area contributed by atoms with Gasteiger partial charge < -0.3 is 4.98 Å². The van der Waals surface area contributed by atoms with Crippen LogP contribution in [0.5, 0.6) is 0 Å². The first-order chi connectivity index (χ1) is 6.75. The maximum atomic E-state index is 12.2. The largest absolute Gasteiger partial charge is 0.358 e. The minimum absolute atomic E-state index is 0.588. The van der Waals surface area contributed by atoms with E-state index in [1.807, 2.05) is 4.98 Å². The lowest BCUT2D eigenvalue weighted by atomic mass is 10.3. The van der Waals surface area contributed by atoms with Gasteiger partial charge >= 0.3 is 0 Å². The first kappa shape index (κ1) is 12.1. The zero-order valence-corrected chi connectivity index (χ0v) is 8.57. The van der Waals surface area contributed by atoms with Crippen molar-refractivity contribution in [3.63, 3.8) is 0 Å². The van der Waals surface area contributed by atoms with E-state index in [9.17, 15) is 22.0 Å². The third-order valence-corrected chi connectivity index (χ3v) is 2.83. The van der Waals surface area contributed by atoms with E-state index in [0.29, 0.717) is 6.20 Å². The lowest BCUT2D eigenvalue weighted by Crippen LogP contribution is -2.23. The molecular formula is C6H5ClF2N2O3S. The molecule has 0 aromatic carbocycles. The van der Waals surface area contributed by atoms with E-state index in [2.05, 4.69) is 5.14 Å². The van der Waals surface area contributed by atoms with E-state index in [1.54, 1.807) is 0 Å². The van der Waals surface area contributed by atoms with Crippen molar-refractivity contribution in [1.82, 2.24) is 4.98 Å². The van der Waals surface area contributed by atoms with E-state index in [-0.39, 0.29) is 0 Å². The Bertz CT molecular complexity index is 540. The Labute approximate surface area is 87.9 Å². The number of nitrogens with one attached hydrogen (secondary N) is 1. The predicted molar refractivity (Wildman–Crippen MR) is 48.4 cm³/mol. The standard InChI is InChI=1S/C6H5ClF2N2O3S/c7-3-4(6(8)9)11-1-2(5(3)12)15(10,13)14/h1,6H,(H,11,12)(H2,10,13,14). The molecule has 0 aliphatic carbocycles. The summed E-state index contributed by atoms with van der Waals surface area (Å²) < 4.78 is 46.0. The molecule has 1 rings (SSSR count). The zero-order chi connectivity index (χ0) is 11.8. The number of hydrogen-bond donors (Lipinski definition) is 2. The fourth-order valence-electron chi connectivity index (χ4n) is 0.873. The highest BCUT2D eigenvalue weighted by molar-refractivity contribution is 7.89. The van der Waals surface area contributed by atoms with Crippen molar-refractivity contribution < 1.29 is 17.2 Å². The molecule has 1 aromatic heterocycles. The van der Waals surface area contributed by atoms with Gasteiger partial charge in [0, 0.05) is 6.20 Å². The quantitative estimate of drug-likeness (QED) is 0.814. The molecule has 0 saturated carbocycles. The van der Waals surface area contributed by atoms with Crippen molar-refractivity contribution in [3.8, 4) is 0 Å². The van der Waals surface area contributed by atoms with Crippen LogP contribution in [0.2, 0.25) is 5.02 Å². The molecular weight excluding hydrogens is 254 g/mol. The second-order valence-electron chi connectivity index (χ2n) is 2.56. The molecule has 84 valence electrons. The molecule has 5 nitrogen and oxygen atoms in total. The molecule has 0 atom stereocenters. The predicted octanol–water partition coefficient (Wildman–Crippen LogP) is 0.613. The maximum Gasteiger partial charge on any atom is 0.279 e. The maximum absolute atomic E-state index is 12.2. The van der Waals surface area contributed by atoms with Gasteiger partial charge in [-0.3, -0.25) is 4.79 Å². The molecule has 15 heavy (non-hydrogen) atoms. The first-order valence-corrected chi connectivity index (χ1v) is 5.39. The van der Waals surface area contributed by atoms with Gasteiger partial charge in [0.2, 0.25) is 15.5 Å². The van der Waals surface area contributed by atoms with Crippen molar-refractivity contribution in [2.45, 2.75) is 11.3 Å². The van der Waals surface area contributed by atoms with Crippen molar-refractivity contribution in [2.24, 2.45) is 5.14 Å². The number of hydrogen-bond acceptors (Lipinski definition) is 3. The lowest BCUT2D eigenvalue weighted by molar-refractivity contribution is 0.146. The van der Waals surface area contributed by atoms with Crippen LogP contribution >= 0.6 is 11.6 Å². The Morgan fingerprint density at radius 2 is 2.00 bits per heavy atom. The molecule has 0 bridgehead atoms. The van der Waals surface area contributed by atoms with E-state index in [0.717, 1.165) is 0 Å². The summed E-state index contributed by atoms with van der Waals surface area (Å²) >= 11 is 5.26. The summed E-state index contributed by atoms with van der Waals surface area (Å²) in [6.45, 7) is 0. The molecule has 9 heteroatoms. The topological polar surface area (TPSA) is 93.0 Å². The summed E-state index contributed by atoms with van der Waals surface area (Å²) in [5.41, 5.74) is -2.08. The Kier molecular flexibility index (Phi) is 3.12. The number of primary sulfonamides is 1. The molecule has 0 aliphatic rings. The van der Waals surface area contributed by atoms with Gasteiger partial charge in [-0.15, -0.1) is 0 Å². The third kappa shape index (κ3) is 2.33. The Morgan fingerprint density at radius 3 is 2.40 bits per heavy atom. The average Bonchev–Trinajstić information content (AvgIpc) is 2.06. The molecule has 1 heterocycles. The van der Waals surface area contributed by atoms with Crippen LogP contribution in [0.3, 0.4) is 0 Å². The minimum Gasteiger partial charge on any atom is -0.358 e. The van der Waals surface area contributed by atoms with E-state index >= 15 is 0 Å². The fraction of sp³-hybridized carbons (Fsp3) is 0.167. The van der Waals surface area contributed by atoms with Crippen LogP contribution in [0.1, 0.15) is 12.1 Å². The van der Waals surface area contributed by atoms with Crippen LogP contribution in [-0.2, 0) is 10.0 Å². The molecule has 0 spiro atoms. The normalized spacial score (nSPS) is 12.1. The van der Waals surface area contributed by atoms with Gasteiger partial charge in [-0.25, -0.2) is 22.3 Å². The number of alkyl halides is 2. The van der Waals surface area contributed by atoms with E-state index in [1.165, 1.54) is 0 Å². The molecule has 0 amide bonds. The summed E-state index contributed by atoms with van der Waals surface area (Å²) in [6.07, 6.45) is -2.41. The van der Waals surface area contributed by atoms with Crippen molar-refractivity contribution >= 4 is 21.6 Å². The Balaban J connectivity index is 3.56. The highest BCUT2D eigenvalue weighted by Gasteiger charge is 2.21. The first-order valence-electron chi connectivity index (χ1n) is 3.47. The van der Waals surface area contributed by atoms with Crippen molar-refractivity contribution in [2.75, 3.05) is 0 Å². The van der Waals surface area contributed by atoms with Gasteiger partial charge in [0.25, 0.3) is 6.43 Å². The van der Waals surface area contributed by atoms with Crippen LogP contribution in [0.25, 0.3) is 0 Å². The zero-order valence-electron chi connectivity index (χ0n) is 7.00. The van der Waals surface area contributed by atoms with Gasteiger partial charge in [0.1, 0.15) is 15.6 Å². The number of aromatic nitrogens is 1. The number of H-pyrrole nitrogens is 1. The number of nitrogens with two attached hydrogens (primary N) is 1. The smallest absolute Gasteiger partial charge is 0.279 e. The molecule has 1 aromatic rings. The van der Waals surface area contributed by atoms with Crippen LogP contribution < -0.4 is 10.6 Å². The summed E-state index contributed by atoms with van der Waals surface area (Å²) in [6, 6.07) is 0. The Morgan fingerprint density at radius 1 is 1.47 bits per heavy atom. The monoisotopic (exact) mass is 258 g/mol. The number of aromatic amines is 1. The molecule has 0 aliphatic heterocycles. The van der Waals surface area contributed by atoms with Crippen LogP contribution in [-0.4, -0.2) is 13.4 Å². The summed E-state index contributed by atoms with van der Waals surface area (Å²) in [5, 5.41) is 3.78. The van der Waals surface area contributed by atoms with E-state index in [4.69, 9.17) is 11.6 Å². The number of rotatable bonds is 2. The summed E-state index contributed by atoms with van der Waals surface area (Å²) in [4.78, 5) is 12.3. The molecule has 0 fully saturated rings. The van der Waals surface area contributed by atoms with Gasteiger partial charge in [0.05, 0.1) is 0 Å². The fourth-order valence-corrected chi connectivity index (χ4v) is 1.75. The number of pyridine rings is 1. The SMILES string of the molecule is NS(=O)(=O)c1c[nH]c(C(F)F)c(Cl)c1=O.